The van der Waals surface area contributed by atoms with Gasteiger partial charge in [-0.15, -0.1) is 0 Å². The van der Waals surface area contributed by atoms with E-state index in [1.54, 1.807) is 0 Å². The quantitative estimate of drug-likeness (QED) is 0.549. The van der Waals surface area contributed by atoms with Gasteiger partial charge < -0.3 is 10.2 Å². The van der Waals surface area contributed by atoms with E-state index in [-0.39, 0.29) is 0 Å². The minimum absolute atomic E-state index is 0.374. The van der Waals surface area contributed by atoms with Crippen molar-refractivity contribution < 1.29 is 4.79 Å². The van der Waals surface area contributed by atoms with Crippen molar-refractivity contribution in [3.05, 3.63) is 0 Å². The summed E-state index contributed by atoms with van der Waals surface area (Å²) in [5.74, 6) is 0.374. The Morgan fingerprint density at radius 3 is 2.38 bits per heavy atom. The summed E-state index contributed by atoms with van der Waals surface area (Å²) in [5, 5.41) is 3.50. The van der Waals surface area contributed by atoms with Crippen molar-refractivity contribution in [2.24, 2.45) is 0 Å². The number of carbonyl (C=O) groups excluding carboxylic acids is 1. The molecule has 1 saturated heterocycles. The fourth-order valence-corrected chi connectivity index (χ4v) is 3.16. The van der Waals surface area contributed by atoms with Crippen LogP contribution in [0.2, 0.25) is 0 Å². The van der Waals surface area contributed by atoms with Crippen LogP contribution in [0.5, 0.6) is 0 Å². The number of hydrogen-bond donors (Lipinski definition) is 1. The van der Waals surface area contributed by atoms with E-state index < -0.39 is 0 Å². The molecule has 1 aliphatic heterocycles. The second kappa shape index (κ2) is 12.0. The topological polar surface area (TPSA) is 32.3 Å². The largest absolute Gasteiger partial charge is 0.341 e. The van der Waals surface area contributed by atoms with E-state index in [1.807, 2.05) is 0 Å². The molecule has 0 saturated carbocycles. The van der Waals surface area contributed by atoms with Gasteiger partial charge in [0.1, 0.15) is 0 Å². The van der Waals surface area contributed by atoms with Crippen molar-refractivity contribution in [3.8, 4) is 0 Å². The summed E-state index contributed by atoms with van der Waals surface area (Å²) >= 11 is 0. The van der Waals surface area contributed by atoms with Crippen molar-refractivity contribution >= 4 is 5.91 Å². The summed E-state index contributed by atoms with van der Waals surface area (Å²) in [6.45, 7) is 7.38. The number of nitrogens with one attached hydrogen (secondary N) is 1. The Hall–Kier alpha value is -0.570. The van der Waals surface area contributed by atoms with Crippen LogP contribution in [0.4, 0.5) is 0 Å². The Bertz CT molecular complexity index is 262. The van der Waals surface area contributed by atoms with Crippen LogP contribution < -0.4 is 5.32 Å². The average molecular weight is 296 g/mol. The average Bonchev–Trinajstić information content (AvgIpc) is 2.98. The number of amides is 1. The number of carbonyl (C=O) groups is 1. The van der Waals surface area contributed by atoms with Gasteiger partial charge in [0.25, 0.3) is 0 Å². The van der Waals surface area contributed by atoms with Crippen LogP contribution in [0.15, 0.2) is 0 Å². The number of nitrogens with zero attached hydrogens (tertiary/aromatic N) is 1. The van der Waals surface area contributed by atoms with Crippen LogP contribution in [0.1, 0.15) is 84.5 Å². The van der Waals surface area contributed by atoms with Gasteiger partial charge in [-0.1, -0.05) is 52.4 Å². The molecule has 0 aromatic carbocycles. The van der Waals surface area contributed by atoms with Crippen LogP contribution in [0, 0.1) is 0 Å². The third kappa shape index (κ3) is 8.45. The molecule has 21 heavy (non-hydrogen) atoms. The third-order valence-corrected chi connectivity index (χ3v) is 4.44. The van der Waals surface area contributed by atoms with E-state index in [2.05, 4.69) is 24.1 Å². The van der Waals surface area contributed by atoms with Crippen molar-refractivity contribution in [1.29, 1.82) is 0 Å². The first-order valence-corrected chi connectivity index (χ1v) is 9.29. The molecule has 0 spiro atoms. The standard InChI is InChI=1S/C18H36N2O/c1-3-5-6-7-8-9-10-13-18(21)20(15-4-2)16-17-12-11-14-19-17/h17,19H,3-16H2,1-2H3. The van der Waals surface area contributed by atoms with Gasteiger partial charge in [-0.25, -0.2) is 0 Å². The van der Waals surface area contributed by atoms with Gasteiger partial charge in [-0.05, 0) is 32.2 Å². The Balaban J connectivity index is 2.13. The summed E-state index contributed by atoms with van der Waals surface area (Å²) in [5.41, 5.74) is 0. The molecular formula is C18H36N2O. The van der Waals surface area contributed by atoms with E-state index in [0.717, 1.165) is 38.9 Å². The normalized spacial score (nSPS) is 18.1. The van der Waals surface area contributed by atoms with E-state index in [4.69, 9.17) is 0 Å². The highest BCUT2D eigenvalue weighted by Gasteiger charge is 2.20. The van der Waals surface area contributed by atoms with E-state index in [9.17, 15) is 4.79 Å². The molecule has 1 aliphatic rings. The zero-order valence-electron chi connectivity index (χ0n) is 14.3. The van der Waals surface area contributed by atoms with E-state index >= 15 is 0 Å². The Kier molecular flexibility index (Phi) is 10.6. The molecule has 1 rings (SSSR count). The van der Waals surface area contributed by atoms with Crippen LogP contribution in [0.25, 0.3) is 0 Å². The zero-order chi connectivity index (χ0) is 15.3. The first-order chi connectivity index (χ1) is 10.3. The predicted molar refractivity (Wildman–Crippen MR) is 90.5 cm³/mol. The third-order valence-electron chi connectivity index (χ3n) is 4.44. The summed E-state index contributed by atoms with van der Waals surface area (Å²) in [7, 11) is 0. The number of unbranched alkanes of at least 4 members (excludes halogenated alkanes) is 6. The first kappa shape index (κ1) is 18.5. The molecule has 124 valence electrons. The van der Waals surface area contributed by atoms with Crippen molar-refractivity contribution in [2.45, 2.75) is 90.5 Å². The monoisotopic (exact) mass is 296 g/mol. The van der Waals surface area contributed by atoms with Gasteiger partial charge in [0.15, 0.2) is 0 Å². The molecule has 0 bridgehead atoms. The molecule has 1 atom stereocenters. The van der Waals surface area contributed by atoms with Crippen LogP contribution in [0.3, 0.4) is 0 Å². The Morgan fingerprint density at radius 1 is 1.05 bits per heavy atom. The molecule has 0 aromatic rings. The summed E-state index contributed by atoms with van der Waals surface area (Å²) in [6, 6.07) is 0.537. The lowest BCUT2D eigenvalue weighted by atomic mass is 10.1. The highest BCUT2D eigenvalue weighted by molar-refractivity contribution is 5.76. The van der Waals surface area contributed by atoms with Gasteiger partial charge in [0, 0.05) is 25.6 Å². The second-order valence-electron chi connectivity index (χ2n) is 6.50. The number of hydrogen-bond acceptors (Lipinski definition) is 2. The SMILES string of the molecule is CCCCCCCCCC(=O)N(CCC)CC1CCCN1. The molecule has 1 unspecified atom stereocenters. The van der Waals surface area contributed by atoms with Gasteiger partial charge in [0.2, 0.25) is 5.91 Å². The maximum absolute atomic E-state index is 12.4. The maximum Gasteiger partial charge on any atom is 0.222 e. The molecular weight excluding hydrogens is 260 g/mol. The van der Waals surface area contributed by atoms with E-state index in [0.29, 0.717) is 11.9 Å². The minimum Gasteiger partial charge on any atom is -0.341 e. The second-order valence-corrected chi connectivity index (χ2v) is 6.50. The van der Waals surface area contributed by atoms with Gasteiger partial charge >= 0.3 is 0 Å². The molecule has 0 radical (unpaired) electrons. The summed E-state index contributed by atoms with van der Waals surface area (Å²) < 4.78 is 0. The van der Waals surface area contributed by atoms with Crippen LogP contribution in [-0.4, -0.2) is 36.5 Å². The lowest BCUT2D eigenvalue weighted by Crippen LogP contribution is -2.41. The Morgan fingerprint density at radius 2 is 1.76 bits per heavy atom. The molecule has 3 nitrogen and oxygen atoms in total. The lowest BCUT2D eigenvalue weighted by Gasteiger charge is -2.25. The Labute approximate surface area is 131 Å². The molecule has 0 aromatic heterocycles. The number of rotatable bonds is 12. The fourth-order valence-electron chi connectivity index (χ4n) is 3.16. The summed E-state index contributed by atoms with van der Waals surface area (Å²) in [4.78, 5) is 14.5. The van der Waals surface area contributed by atoms with Crippen molar-refractivity contribution in [3.63, 3.8) is 0 Å². The van der Waals surface area contributed by atoms with Crippen LogP contribution >= 0.6 is 0 Å². The maximum atomic E-state index is 12.4. The van der Waals surface area contributed by atoms with E-state index in [1.165, 1.54) is 51.4 Å². The smallest absolute Gasteiger partial charge is 0.222 e. The zero-order valence-corrected chi connectivity index (χ0v) is 14.3. The van der Waals surface area contributed by atoms with Crippen molar-refractivity contribution in [1.82, 2.24) is 10.2 Å². The highest BCUT2D eigenvalue weighted by Crippen LogP contribution is 2.12. The molecule has 1 amide bonds. The molecule has 3 heteroatoms. The molecule has 1 heterocycles. The fraction of sp³-hybridized carbons (Fsp3) is 0.944. The predicted octanol–water partition coefficient (Wildman–Crippen LogP) is 4.12. The van der Waals surface area contributed by atoms with Gasteiger partial charge in [-0.3, -0.25) is 4.79 Å². The first-order valence-electron chi connectivity index (χ1n) is 9.29. The molecule has 0 aliphatic carbocycles. The minimum atomic E-state index is 0.374. The van der Waals surface area contributed by atoms with Crippen molar-refractivity contribution in [2.75, 3.05) is 19.6 Å². The molecule has 1 fully saturated rings. The lowest BCUT2D eigenvalue weighted by molar-refractivity contribution is -0.131. The molecule has 1 N–H and O–H groups in total. The summed E-state index contributed by atoms with van der Waals surface area (Å²) in [6.07, 6.45) is 13.3. The highest BCUT2D eigenvalue weighted by atomic mass is 16.2. The van der Waals surface area contributed by atoms with Gasteiger partial charge in [0.05, 0.1) is 0 Å². The van der Waals surface area contributed by atoms with Crippen LogP contribution in [-0.2, 0) is 4.79 Å². The van der Waals surface area contributed by atoms with Gasteiger partial charge in [-0.2, -0.15) is 0 Å².